The van der Waals surface area contributed by atoms with Crippen molar-refractivity contribution in [1.29, 1.82) is 0 Å². The number of nitrogens with two attached hydrogens (primary N) is 1. The van der Waals surface area contributed by atoms with E-state index in [0.29, 0.717) is 0 Å². The first-order valence-corrected chi connectivity index (χ1v) is 5.40. The molecule has 0 aliphatic carbocycles. The Morgan fingerprint density at radius 3 is 2.87 bits per heavy atom. The van der Waals surface area contributed by atoms with Gasteiger partial charge < -0.3 is 10.2 Å². The van der Waals surface area contributed by atoms with Gasteiger partial charge in [-0.25, -0.2) is 0 Å². The van der Waals surface area contributed by atoms with Crippen LogP contribution < -0.4 is 5.73 Å². The van der Waals surface area contributed by atoms with Gasteiger partial charge in [-0.05, 0) is 31.9 Å². The highest BCUT2D eigenvalue weighted by Gasteiger charge is 2.06. The highest BCUT2D eigenvalue weighted by Crippen LogP contribution is 2.23. The highest BCUT2D eigenvalue weighted by molar-refractivity contribution is 5.80. The molecule has 0 radical (unpaired) electrons. The van der Waals surface area contributed by atoms with Crippen LogP contribution in [0.2, 0.25) is 0 Å². The zero-order valence-electron chi connectivity index (χ0n) is 9.29. The molecule has 2 N–H and O–H groups in total. The summed E-state index contributed by atoms with van der Waals surface area (Å²) < 4.78 is 5.79. The van der Waals surface area contributed by atoms with Crippen LogP contribution in [0.4, 0.5) is 0 Å². The van der Waals surface area contributed by atoms with Crippen molar-refractivity contribution in [3.05, 3.63) is 35.6 Å². The molecule has 0 aliphatic heterocycles. The first-order chi connectivity index (χ1) is 7.16. The predicted octanol–water partition coefficient (Wildman–Crippen LogP) is 3.02. The second-order valence-electron chi connectivity index (χ2n) is 4.22. The number of benzene rings is 1. The van der Waals surface area contributed by atoms with Crippen molar-refractivity contribution >= 4 is 11.0 Å². The second-order valence-corrected chi connectivity index (χ2v) is 4.22. The topological polar surface area (TPSA) is 39.2 Å². The summed E-state index contributed by atoms with van der Waals surface area (Å²) in [6.45, 7) is 4.09. The molecule has 2 rings (SSSR count). The Bertz CT molecular complexity index is 457. The number of furan rings is 1. The predicted molar refractivity (Wildman–Crippen MR) is 62.9 cm³/mol. The van der Waals surface area contributed by atoms with E-state index >= 15 is 0 Å². The van der Waals surface area contributed by atoms with E-state index in [-0.39, 0.29) is 6.04 Å². The molecule has 1 atom stereocenters. The van der Waals surface area contributed by atoms with Gasteiger partial charge in [0.15, 0.2) is 0 Å². The van der Waals surface area contributed by atoms with Gasteiger partial charge in [0.25, 0.3) is 0 Å². The maximum Gasteiger partial charge on any atom is 0.137 e. The van der Waals surface area contributed by atoms with Crippen molar-refractivity contribution < 1.29 is 4.42 Å². The average Bonchev–Trinajstić information content (AvgIpc) is 2.59. The molecular formula is C13H17NO. The Morgan fingerprint density at radius 2 is 2.20 bits per heavy atom. The normalized spacial score (nSPS) is 13.3. The van der Waals surface area contributed by atoms with Crippen LogP contribution in [-0.4, -0.2) is 6.04 Å². The minimum atomic E-state index is 0.235. The molecule has 15 heavy (non-hydrogen) atoms. The molecule has 1 unspecified atom stereocenters. The fourth-order valence-corrected chi connectivity index (χ4v) is 1.76. The lowest BCUT2D eigenvalue weighted by molar-refractivity contribution is 0.521. The number of hydrogen-bond donors (Lipinski definition) is 1. The van der Waals surface area contributed by atoms with Crippen LogP contribution in [0.15, 0.2) is 28.7 Å². The van der Waals surface area contributed by atoms with E-state index in [1.165, 1.54) is 10.9 Å². The summed E-state index contributed by atoms with van der Waals surface area (Å²) in [5, 5.41) is 1.19. The molecule has 0 saturated heterocycles. The van der Waals surface area contributed by atoms with E-state index in [9.17, 15) is 0 Å². The van der Waals surface area contributed by atoms with Crippen molar-refractivity contribution in [2.45, 2.75) is 32.7 Å². The zero-order valence-corrected chi connectivity index (χ0v) is 9.29. The third kappa shape index (κ3) is 2.21. The fraction of sp³-hybridized carbons (Fsp3) is 0.385. The average molecular weight is 203 g/mol. The van der Waals surface area contributed by atoms with Gasteiger partial charge in [0.2, 0.25) is 0 Å². The molecule has 1 aromatic heterocycles. The molecule has 2 heteroatoms. The van der Waals surface area contributed by atoms with Crippen LogP contribution in [0, 0.1) is 6.92 Å². The first-order valence-electron chi connectivity index (χ1n) is 5.40. The largest absolute Gasteiger partial charge is 0.461 e. The van der Waals surface area contributed by atoms with E-state index in [1.807, 2.05) is 6.92 Å². The summed E-state index contributed by atoms with van der Waals surface area (Å²) in [5.41, 5.74) is 7.93. The molecule has 0 saturated carbocycles. The molecule has 1 heterocycles. The molecule has 0 aliphatic rings. The molecule has 0 spiro atoms. The first kappa shape index (κ1) is 10.2. The smallest absolute Gasteiger partial charge is 0.137 e. The monoisotopic (exact) mass is 203 g/mol. The van der Waals surface area contributed by atoms with Gasteiger partial charge >= 0.3 is 0 Å². The second kappa shape index (κ2) is 4.07. The number of aryl methyl sites for hydroxylation is 2. The van der Waals surface area contributed by atoms with Crippen LogP contribution in [0.1, 0.15) is 24.7 Å². The third-order valence-corrected chi connectivity index (χ3v) is 2.64. The van der Waals surface area contributed by atoms with Crippen molar-refractivity contribution in [2.75, 3.05) is 0 Å². The molecule has 80 valence electrons. The number of rotatable bonds is 3. The highest BCUT2D eigenvalue weighted by atomic mass is 16.3. The van der Waals surface area contributed by atoms with E-state index < -0.39 is 0 Å². The summed E-state index contributed by atoms with van der Waals surface area (Å²) in [6, 6.07) is 8.56. The maximum absolute atomic E-state index is 5.79. The zero-order chi connectivity index (χ0) is 10.8. The van der Waals surface area contributed by atoms with Gasteiger partial charge in [0, 0.05) is 17.8 Å². The quantitative estimate of drug-likeness (QED) is 0.832. The van der Waals surface area contributed by atoms with Gasteiger partial charge in [-0.1, -0.05) is 18.2 Å². The summed E-state index contributed by atoms with van der Waals surface area (Å²) in [5.74, 6) is 1.04. The van der Waals surface area contributed by atoms with Crippen molar-refractivity contribution in [3.8, 4) is 0 Å². The molecule has 0 fully saturated rings. The molecule has 2 aromatic rings. The number of fused-ring (bicyclic) bond motifs is 1. The van der Waals surface area contributed by atoms with Gasteiger partial charge in [-0.3, -0.25) is 0 Å². The Kier molecular flexibility index (Phi) is 2.78. The summed E-state index contributed by atoms with van der Waals surface area (Å²) >= 11 is 0. The van der Waals surface area contributed by atoms with E-state index in [4.69, 9.17) is 10.2 Å². The minimum absolute atomic E-state index is 0.235. The Hall–Kier alpha value is -1.28. The van der Waals surface area contributed by atoms with Crippen LogP contribution in [0.5, 0.6) is 0 Å². The Labute approximate surface area is 90.1 Å². The van der Waals surface area contributed by atoms with Crippen LogP contribution in [0.25, 0.3) is 11.0 Å². The van der Waals surface area contributed by atoms with Gasteiger partial charge in [-0.2, -0.15) is 0 Å². The molecular weight excluding hydrogens is 186 g/mol. The van der Waals surface area contributed by atoms with Crippen molar-refractivity contribution in [3.63, 3.8) is 0 Å². The van der Waals surface area contributed by atoms with Crippen LogP contribution in [0.3, 0.4) is 0 Å². The molecule has 2 nitrogen and oxygen atoms in total. The van der Waals surface area contributed by atoms with Crippen molar-refractivity contribution in [2.24, 2.45) is 5.73 Å². The summed E-state index contributed by atoms with van der Waals surface area (Å²) in [4.78, 5) is 0. The van der Waals surface area contributed by atoms with Crippen LogP contribution in [-0.2, 0) is 6.42 Å². The van der Waals surface area contributed by atoms with E-state index in [2.05, 4.69) is 31.2 Å². The summed E-state index contributed by atoms with van der Waals surface area (Å²) in [7, 11) is 0. The lowest BCUT2D eigenvalue weighted by atomic mass is 10.1. The maximum atomic E-state index is 5.79. The molecule has 0 bridgehead atoms. The van der Waals surface area contributed by atoms with E-state index in [0.717, 1.165) is 24.2 Å². The number of para-hydroxylation sites is 1. The fourth-order valence-electron chi connectivity index (χ4n) is 1.76. The lowest BCUT2D eigenvalue weighted by Gasteiger charge is -2.00. The number of hydrogen-bond acceptors (Lipinski definition) is 2. The third-order valence-electron chi connectivity index (χ3n) is 2.64. The Balaban J connectivity index is 2.27. The van der Waals surface area contributed by atoms with Crippen LogP contribution >= 0.6 is 0 Å². The van der Waals surface area contributed by atoms with E-state index in [1.54, 1.807) is 0 Å². The van der Waals surface area contributed by atoms with Crippen molar-refractivity contribution in [1.82, 2.24) is 0 Å². The Morgan fingerprint density at radius 1 is 1.40 bits per heavy atom. The summed E-state index contributed by atoms with van der Waals surface area (Å²) in [6.07, 6.45) is 1.89. The SMILES string of the molecule is Cc1cccc2cc(CCC(C)N)oc12. The lowest BCUT2D eigenvalue weighted by Crippen LogP contribution is -2.15. The molecule has 1 aromatic carbocycles. The molecule has 0 amide bonds. The minimum Gasteiger partial charge on any atom is -0.461 e. The van der Waals surface area contributed by atoms with Gasteiger partial charge in [0.05, 0.1) is 0 Å². The van der Waals surface area contributed by atoms with Gasteiger partial charge in [-0.15, -0.1) is 0 Å². The van der Waals surface area contributed by atoms with Gasteiger partial charge in [0.1, 0.15) is 11.3 Å². The standard InChI is InChI=1S/C13H17NO/c1-9-4-3-5-11-8-12(15-13(9)11)7-6-10(2)14/h3-5,8,10H,6-7,14H2,1-2H3.